The molecular weight excluding hydrogens is 304 g/mol. The number of hydrogen-bond donors (Lipinski definition) is 2. The Morgan fingerprint density at radius 3 is 2.48 bits per heavy atom. The van der Waals surface area contributed by atoms with Crippen LogP contribution >= 0.6 is 11.3 Å². The molecule has 0 saturated carbocycles. The third-order valence-corrected chi connectivity index (χ3v) is 4.59. The van der Waals surface area contributed by atoms with Crippen LogP contribution in [0.2, 0.25) is 0 Å². The van der Waals surface area contributed by atoms with Crippen molar-refractivity contribution in [1.82, 2.24) is 15.5 Å². The van der Waals surface area contributed by atoms with Gasteiger partial charge < -0.3 is 15.5 Å². The smallest absolute Gasteiger partial charge is 0.191 e. The molecule has 132 valence electrons. The number of nitrogens with zero attached hydrogens (tertiary/aromatic N) is 2. The maximum absolute atomic E-state index is 4.66. The fraction of sp³-hybridized carbons (Fsp3) is 0.722. The van der Waals surface area contributed by atoms with Gasteiger partial charge in [-0.3, -0.25) is 0 Å². The Labute approximate surface area is 146 Å². The van der Waals surface area contributed by atoms with Gasteiger partial charge in [0.2, 0.25) is 0 Å². The van der Waals surface area contributed by atoms with Crippen LogP contribution in [0.25, 0.3) is 0 Å². The summed E-state index contributed by atoms with van der Waals surface area (Å²) in [7, 11) is 4.28. The van der Waals surface area contributed by atoms with Crippen LogP contribution in [0.5, 0.6) is 0 Å². The molecule has 0 unspecified atom stereocenters. The minimum Gasteiger partial charge on any atom is -0.357 e. The maximum atomic E-state index is 4.66. The summed E-state index contributed by atoms with van der Waals surface area (Å²) in [4.78, 5) is 9.59. The molecule has 0 aliphatic carbocycles. The summed E-state index contributed by atoms with van der Waals surface area (Å²) in [6.07, 6.45) is 6.49. The van der Waals surface area contributed by atoms with Gasteiger partial charge in [0.15, 0.2) is 5.96 Å². The Morgan fingerprint density at radius 2 is 1.83 bits per heavy atom. The molecule has 0 bridgehead atoms. The molecule has 0 atom stereocenters. The van der Waals surface area contributed by atoms with Gasteiger partial charge in [0.1, 0.15) is 0 Å². The highest BCUT2D eigenvalue weighted by molar-refractivity contribution is 7.11. The van der Waals surface area contributed by atoms with E-state index in [0.717, 1.165) is 25.6 Å². The number of nitrogens with one attached hydrogen (secondary N) is 2. The standard InChI is InChI=1S/C18H34N4S/c1-5-19-18(21-15-17-12-11-16(2)23-17)20-13-9-7-6-8-10-14-22(3)4/h11-12H,5-10,13-15H2,1-4H3,(H2,19,20,21). The van der Waals surface area contributed by atoms with Gasteiger partial charge >= 0.3 is 0 Å². The van der Waals surface area contributed by atoms with E-state index in [-0.39, 0.29) is 0 Å². The van der Waals surface area contributed by atoms with E-state index in [1.165, 1.54) is 48.4 Å². The second kappa shape index (κ2) is 12.4. The van der Waals surface area contributed by atoms with E-state index < -0.39 is 0 Å². The summed E-state index contributed by atoms with van der Waals surface area (Å²) in [6.45, 7) is 8.12. The lowest BCUT2D eigenvalue weighted by molar-refractivity contribution is 0.389. The molecule has 0 aromatic carbocycles. The van der Waals surface area contributed by atoms with Crippen LogP contribution in [0.15, 0.2) is 17.1 Å². The van der Waals surface area contributed by atoms with E-state index in [1.807, 2.05) is 11.3 Å². The van der Waals surface area contributed by atoms with Crippen LogP contribution in [0.4, 0.5) is 0 Å². The van der Waals surface area contributed by atoms with E-state index in [0.29, 0.717) is 0 Å². The van der Waals surface area contributed by atoms with Gasteiger partial charge in [0.25, 0.3) is 0 Å². The molecule has 0 amide bonds. The van der Waals surface area contributed by atoms with Gasteiger partial charge in [0, 0.05) is 22.8 Å². The molecule has 1 rings (SSSR count). The van der Waals surface area contributed by atoms with Crippen molar-refractivity contribution in [3.63, 3.8) is 0 Å². The van der Waals surface area contributed by atoms with Crippen LogP contribution < -0.4 is 10.6 Å². The van der Waals surface area contributed by atoms with Crippen LogP contribution in [0.3, 0.4) is 0 Å². The predicted octanol–water partition coefficient (Wildman–Crippen LogP) is 3.62. The van der Waals surface area contributed by atoms with E-state index in [1.54, 1.807) is 0 Å². The van der Waals surface area contributed by atoms with Crippen molar-refractivity contribution in [3.8, 4) is 0 Å². The first-order valence-corrected chi connectivity index (χ1v) is 9.65. The fourth-order valence-electron chi connectivity index (χ4n) is 2.36. The Bertz CT molecular complexity index is 440. The number of aryl methyl sites for hydroxylation is 1. The second-order valence-electron chi connectivity index (χ2n) is 6.21. The third-order valence-electron chi connectivity index (χ3n) is 3.61. The van der Waals surface area contributed by atoms with Gasteiger partial charge in [-0.05, 0) is 59.5 Å². The summed E-state index contributed by atoms with van der Waals surface area (Å²) in [5.74, 6) is 0.936. The number of aliphatic imine (C=N–C) groups is 1. The highest BCUT2D eigenvalue weighted by Gasteiger charge is 1.99. The highest BCUT2D eigenvalue weighted by atomic mass is 32.1. The normalized spacial score (nSPS) is 12.0. The minimum atomic E-state index is 0.762. The van der Waals surface area contributed by atoms with Crippen molar-refractivity contribution in [3.05, 3.63) is 21.9 Å². The van der Waals surface area contributed by atoms with Crippen molar-refractivity contribution in [2.75, 3.05) is 33.7 Å². The molecule has 5 heteroatoms. The Kier molecular flexibility index (Phi) is 10.7. The van der Waals surface area contributed by atoms with E-state index in [9.17, 15) is 0 Å². The summed E-state index contributed by atoms with van der Waals surface area (Å²) >= 11 is 1.82. The van der Waals surface area contributed by atoms with Gasteiger partial charge in [-0.1, -0.05) is 19.3 Å². The molecule has 2 N–H and O–H groups in total. The van der Waals surface area contributed by atoms with Crippen molar-refractivity contribution in [2.24, 2.45) is 4.99 Å². The van der Waals surface area contributed by atoms with E-state index >= 15 is 0 Å². The fourth-order valence-corrected chi connectivity index (χ4v) is 3.17. The maximum Gasteiger partial charge on any atom is 0.191 e. The number of unbranched alkanes of at least 4 members (excludes halogenated alkanes) is 4. The van der Waals surface area contributed by atoms with Crippen molar-refractivity contribution in [1.29, 1.82) is 0 Å². The first-order valence-electron chi connectivity index (χ1n) is 8.84. The molecule has 0 radical (unpaired) electrons. The highest BCUT2D eigenvalue weighted by Crippen LogP contribution is 2.15. The molecule has 0 aliphatic heterocycles. The second-order valence-corrected chi connectivity index (χ2v) is 7.58. The van der Waals surface area contributed by atoms with Gasteiger partial charge in [-0.2, -0.15) is 0 Å². The van der Waals surface area contributed by atoms with Gasteiger partial charge in [0.05, 0.1) is 6.54 Å². The zero-order valence-corrected chi connectivity index (χ0v) is 16.1. The lowest BCUT2D eigenvalue weighted by Crippen LogP contribution is -2.37. The molecular formula is C18H34N4S. The lowest BCUT2D eigenvalue weighted by Gasteiger charge is -2.11. The van der Waals surface area contributed by atoms with Crippen molar-refractivity contribution >= 4 is 17.3 Å². The Hall–Kier alpha value is -1.07. The van der Waals surface area contributed by atoms with E-state index in [2.05, 4.69) is 60.6 Å². The minimum absolute atomic E-state index is 0.762. The lowest BCUT2D eigenvalue weighted by atomic mass is 10.1. The number of thiophene rings is 1. The molecule has 1 heterocycles. The average Bonchev–Trinajstić information content (AvgIpc) is 2.92. The van der Waals surface area contributed by atoms with Crippen LogP contribution in [0, 0.1) is 6.92 Å². The first kappa shape index (κ1) is 20.0. The first-order chi connectivity index (χ1) is 11.1. The molecule has 1 aromatic rings. The Morgan fingerprint density at radius 1 is 1.09 bits per heavy atom. The molecule has 4 nitrogen and oxygen atoms in total. The van der Waals surface area contributed by atoms with Crippen molar-refractivity contribution in [2.45, 2.75) is 52.5 Å². The van der Waals surface area contributed by atoms with E-state index in [4.69, 9.17) is 0 Å². The number of guanidine groups is 1. The van der Waals surface area contributed by atoms with Crippen LogP contribution in [-0.2, 0) is 6.54 Å². The zero-order chi connectivity index (χ0) is 16.9. The SMILES string of the molecule is CCNC(=NCc1ccc(C)s1)NCCCCCCCN(C)C. The molecule has 0 fully saturated rings. The average molecular weight is 339 g/mol. The van der Waals surface area contributed by atoms with Crippen LogP contribution in [0.1, 0.15) is 48.8 Å². The number of hydrogen-bond acceptors (Lipinski definition) is 3. The number of rotatable bonds is 11. The summed E-state index contributed by atoms with van der Waals surface area (Å²) < 4.78 is 0. The third kappa shape index (κ3) is 10.3. The molecule has 1 aromatic heterocycles. The predicted molar refractivity (Wildman–Crippen MR) is 104 cm³/mol. The largest absolute Gasteiger partial charge is 0.357 e. The Balaban J connectivity index is 2.15. The topological polar surface area (TPSA) is 39.7 Å². The van der Waals surface area contributed by atoms with Gasteiger partial charge in [-0.15, -0.1) is 11.3 Å². The molecule has 23 heavy (non-hydrogen) atoms. The monoisotopic (exact) mass is 338 g/mol. The molecule has 0 saturated heterocycles. The molecule has 0 spiro atoms. The summed E-state index contributed by atoms with van der Waals surface area (Å²) in [5, 5.41) is 6.76. The quantitative estimate of drug-likeness (QED) is 0.368. The summed E-state index contributed by atoms with van der Waals surface area (Å²) in [6, 6.07) is 4.33. The van der Waals surface area contributed by atoms with Crippen LogP contribution in [-0.4, -0.2) is 44.6 Å². The molecule has 0 aliphatic rings. The van der Waals surface area contributed by atoms with Crippen molar-refractivity contribution < 1.29 is 0 Å². The van der Waals surface area contributed by atoms with Gasteiger partial charge in [-0.25, -0.2) is 4.99 Å². The zero-order valence-electron chi connectivity index (χ0n) is 15.3. The summed E-state index contributed by atoms with van der Waals surface area (Å²) in [5.41, 5.74) is 0.